The van der Waals surface area contributed by atoms with E-state index >= 15 is 0 Å². The Kier molecular flexibility index (Phi) is 2.96. The SMILES string of the molecule is O=C1CCCc2sc(-c3cc(Br)c(Br)o3)nc21. The first kappa shape index (κ1) is 11.6. The highest BCUT2D eigenvalue weighted by atomic mass is 79.9. The number of thiazole rings is 1. The number of carbonyl (C=O) groups is 1. The van der Waals surface area contributed by atoms with Crippen LogP contribution in [0.5, 0.6) is 0 Å². The van der Waals surface area contributed by atoms with Crippen LogP contribution >= 0.6 is 43.2 Å². The van der Waals surface area contributed by atoms with Gasteiger partial charge in [-0.05, 0) is 44.7 Å². The summed E-state index contributed by atoms with van der Waals surface area (Å²) in [5.74, 6) is 0.842. The molecule has 17 heavy (non-hydrogen) atoms. The Labute approximate surface area is 118 Å². The summed E-state index contributed by atoms with van der Waals surface area (Å²) in [5.41, 5.74) is 0.639. The number of aromatic nitrogens is 1. The maximum atomic E-state index is 11.7. The average molecular weight is 377 g/mol. The molecule has 0 aromatic carbocycles. The quantitative estimate of drug-likeness (QED) is 0.738. The maximum absolute atomic E-state index is 11.7. The van der Waals surface area contributed by atoms with Gasteiger partial charge in [-0.15, -0.1) is 11.3 Å². The molecule has 0 amide bonds. The molecule has 0 aliphatic heterocycles. The highest BCUT2D eigenvalue weighted by Gasteiger charge is 2.24. The van der Waals surface area contributed by atoms with Gasteiger partial charge in [-0.3, -0.25) is 4.79 Å². The van der Waals surface area contributed by atoms with E-state index in [-0.39, 0.29) is 5.78 Å². The summed E-state index contributed by atoms with van der Waals surface area (Å²) >= 11 is 8.21. The van der Waals surface area contributed by atoms with Crippen LogP contribution in [-0.4, -0.2) is 10.8 Å². The zero-order chi connectivity index (χ0) is 12.0. The predicted molar refractivity (Wildman–Crippen MR) is 72.5 cm³/mol. The van der Waals surface area contributed by atoms with Crippen molar-refractivity contribution in [3.63, 3.8) is 0 Å². The molecular formula is C11H7Br2NO2S. The standard InChI is InChI=1S/C11H7Br2NO2S/c12-5-4-7(16-10(5)13)11-14-9-6(15)2-1-3-8(9)17-11/h4H,1-3H2. The van der Waals surface area contributed by atoms with Crippen LogP contribution in [0.1, 0.15) is 28.2 Å². The van der Waals surface area contributed by atoms with Crippen LogP contribution in [0.25, 0.3) is 10.8 Å². The minimum atomic E-state index is 0.151. The zero-order valence-electron chi connectivity index (χ0n) is 8.63. The highest BCUT2D eigenvalue weighted by Crippen LogP contribution is 2.37. The molecule has 1 aliphatic carbocycles. The number of fused-ring (bicyclic) bond motifs is 1. The van der Waals surface area contributed by atoms with E-state index in [1.165, 1.54) is 0 Å². The molecule has 3 nitrogen and oxygen atoms in total. The Morgan fingerprint density at radius 1 is 1.35 bits per heavy atom. The third-order valence-electron chi connectivity index (χ3n) is 2.63. The summed E-state index contributed by atoms with van der Waals surface area (Å²) in [4.78, 5) is 17.2. The summed E-state index contributed by atoms with van der Waals surface area (Å²) in [6.45, 7) is 0. The predicted octanol–water partition coefficient (Wildman–Crippen LogP) is 4.45. The fourth-order valence-corrected chi connectivity index (χ4v) is 3.48. The number of hydrogen-bond donors (Lipinski definition) is 0. The van der Waals surface area contributed by atoms with E-state index in [0.29, 0.717) is 22.5 Å². The molecule has 0 radical (unpaired) electrons. The molecule has 2 heterocycles. The van der Waals surface area contributed by atoms with E-state index in [2.05, 4.69) is 36.8 Å². The lowest BCUT2D eigenvalue weighted by atomic mass is 10.0. The molecule has 0 saturated heterocycles. The van der Waals surface area contributed by atoms with Crippen molar-refractivity contribution < 1.29 is 9.21 Å². The number of furan rings is 1. The van der Waals surface area contributed by atoms with Gasteiger partial charge in [-0.25, -0.2) is 4.98 Å². The normalized spacial score (nSPS) is 15.1. The van der Waals surface area contributed by atoms with Gasteiger partial charge in [0.05, 0.1) is 4.47 Å². The van der Waals surface area contributed by atoms with Crippen molar-refractivity contribution in [2.24, 2.45) is 0 Å². The number of ketones is 1. The van der Waals surface area contributed by atoms with Crippen molar-refractivity contribution in [3.8, 4) is 10.8 Å². The first-order valence-electron chi connectivity index (χ1n) is 5.13. The summed E-state index contributed by atoms with van der Waals surface area (Å²) in [5, 5.41) is 0.775. The average Bonchev–Trinajstić information content (AvgIpc) is 2.85. The van der Waals surface area contributed by atoms with Crippen LogP contribution < -0.4 is 0 Å². The molecule has 1 aliphatic rings. The first-order chi connectivity index (χ1) is 8.15. The lowest BCUT2D eigenvalue weighted by Gasteiger charge is -2.06. The van der Waals surface area contributed by atoms with E-state index in [1.807, 2.05) is 6.07 Å². The van der Waals surface area contributed by atoms with Crippen LogP contribution in [0.4, 0.5) is 0 Å². The Bertz CT molecular complexity index is 583. The lowest BCUT2D eigenvalue weighted by molar-refractivity contribution is 0.0968. The molecule has 6 heteroatoms. The molecule has 2 aromatic heterocycles. The van der Waals surface area contributed by atoms with Gasteiger partial charge in [0.15, 0.2) is 21.2 Å². The number of hydrogen-bond acceptors (Lipinski definition) is 4. The van der Waals surface area contributed by atoms with Gasteiger partial charge in [-0.2, -0.15) is 0 Å². The van der Waals surface area contributed by atoms with E-state index in [9.17, 15) is 4.79 Å². The summed E-state index contributed by atoms with van der Waals surface area (Å²) in [6, 6.07) is 1.86. The Morgan fingerprint density at radius 2 is 2.18 bits per heavy atom. The highest BCUT2D eigenvalue weighted by molar-refractivity contribution is 9.13. The third-order valence-corrected chi connectivity index (χ3v) is 5.46. The van der Waals surface area contributed by atoms with E-state index < -0.39 is 0 Å². The summed E-state index contributed by atoms with van der Waals surface area (Å²) in [7, 11) is 0. The minimum absolute atomic E-state index is 0.151. The number of nitrogens with zero attached hydrogens (tertiary/aromatic N) is 1. The number of halogens is 2. The molecule has 0 fully saturated rings. The lowest BCUT2D eigenvalue weighted by Crippen LogP contribution is -2.08. The van der Waals surface area contributed by atoms with E-state index in [4.69, 9.17) is 4.42 Å². The van der Waals surface area contributed by atoms with Gasteiger partial charge >= 0.3 is 0 Å². The summed E-state index contributed by atoms with van der Waals surface area (Å²) in [6.07, 6.45) is 2.49. The van der Waals surface area contributed by atoms with Crippen molar-refractivity contribution >= 4 is 49.0 Å². The van der Waals surface area contributed by atoms with Gasteiger partial charge in [-0.1, -0.05) is 0 Å². The van der Waals surface area contributed by atoms with Gasteiger partial charge in [0, 0.05) is 17.4 Å². The fourth-order valence-electron chi connectivity index (χ4n) is 1.82. The van der Waals surface area contributed by atoms with Gasteiger partial charge in [0.1, 0.15) is 5.69 Å². The Hall–Kier alpha value is -0.460. The monoisotopic (exact) mass is 375 g/mol. The third kappa shape index (κ3) is 2.02. The van der Waals surface area contributed by atoms with Crippen molar-refractivity contribution in [3.05, 3.63) is 25.8 Å². The van der Waals surface area contributed by atoms with E-state index in [0.717, 1.165) is 27.2 Å². The topological polar surface area (TPSA) is 43.1 Å². The molecule has 0 spiro atoms. The largest absolute Gasteiger partial charge is 0.446 e. The van der Waals surface area contributed by atoms with Crippen LogP contribution in [0.3, 0.4) is 0 Å². The smallest absolute Gasteiger partial charge is 0.184 e. The minimum Gasteiger partial charge on any atom is -0.446 e. The van der Waals surface area contributed by atoms with Crippen molar-refractivity contribution in [1.29, 1.82) is 0 Å². The second-order valence-electron chi connectivity index (χ2n) is 3.80. The number of rotatable bonds is 1. The van der Waals surface area contributed by atoms with Crippen molar-refractivity contribution in [2.45, 2.75) is 19.3 Å². The molecule has 3 rings (SSSR count). The molecule has 0 atom stereocenters. The van der Waals surface area contributed by atoms with Crippen LogP contribution in [0.15, 0.2) is 19.6 Å². The zero-order valence-corrected chi connectivity index (χ0v) is 12.6. The molecule has 0 N–H and O–H groups in total. The molecule has 88 valence electrons. The fraction of sp³-hybridized carbons (Fsp3) is 0.273. The van der Waals surface area contributed by atoms with Crippen LogP contribution in [0, 0.1) is 0 Å². The van der Waals surface area contributed by atoms with Gasteiger partial charge in [0.25, 0.3) is 0 Å². The number of carbonyl (C=O) groups excluding carboxylic acids is 1. The molecule has 0 unspecified atom stereocenters. The number of Topliss-reactive ketones (excluding diaryl/α,β-unsaturated/α-hetero) is 1. The first-order valence-corrected chi connectivity index (χ1v) is 7.53. The van der Waals surface area contributed by atoms with Gasteiger partial charge < -0.3 is 4.42 Å². The van der Waals surface area contributed by atoms with Crippen LogP contribution in [-0.2, 0) is 6.42 Å². The Balaban J connectivity index is 2.07. The maximum Gasteiger partial charge on any atom is 0.184 e. The second-order valence-corrected chi connectivity index (χ2v) is 6.46. The second kappa shape index (κ2) is 4.33. The Morgan fingerprint density at radius 3 is 2.82 bits per heavy atom. The van der Waals surface area contributed by atoms with Gasteiger partial charge in [0.2, 0.25) is 0 Å². The van der Waals surface area contributed by atoms with Crippen molar-refractivity contribution in [1.82, 2.24) is 4.98 Å². The molecule has 0 saturated carbocycles. The van der Waals surface area contributed by atoms with Crippen molar-refractivity contribution in [2.75, 3.05) is 0 Å². The molecule has 2 aromatic rings. The van der Waals surface area contributed by atoms with Crippen LogP contribution in [0.2, 0.25) is 0 Å². The summed E-state index contributed by atoms with van der Waals surface area (Å²) < 4.78 is 7.02. The molecule has 0 bridgehead atoms. The number of aryl methyl sites for hydroxylation is 1. The molecular weight excluding hydrogens is 370 g/mol. The van der Waals surface area contributed by atoms with E-state index in [1.54, 1.807) is 11.3 Å².